The van der Waals surface area contributed by atoms with Gasteiger partial charge in [-0.15, -0.1) is 5.16 Å². The van der Waals surface area contributed by atoms with E-state index < -0.39 is 122 Å². The number of aliphatic hydroxyl groups is 5. The summed E-state index contributed by atoms with van der Waals surface area (Å²) in [4.78, 5) is 29.0. The zero-order valence-corrected chi connectivity index (χ0v) is 34.5. The highest BCUT2D eigenvalue weighted by atomic mass is 16.7. The third-order valence-corrected chi connectivity index (χ3v) is 11.8. The number of ketones is 1. The fourth-order valence-corrected chi connectivity index (χ4v) is 8.12. The summed E-state index contributed by atoms with van der Waals surface area (Å²) in [6.07, 6.45) is -10.1. The third kappa shape index (κ3) is 12.0. The lowest BCUT2D eigenvalue weighted by atomic mass is 9.79. The molecular weight excluding hydrogens is 736 g/mol. The van der Waals surface area contributed by atoms with Gasteiger partial charge < -0.3 is 68.8 Å². The smallest absolute Gasteiger partial charge is 0.308 e. The van der Waals surface area contributed by atoms with Gasteiger partial charge in [0.15, 0.2) is 12.6 Å². The molecule has 0 spiro atoms. The Balaban J connectivity index is 1.99. The van der Waals surface area contributed by atoms with Gasteiger partial charge in [0, 0.05) is 44.6 Å². The van der Waals surface area contributed by atoms with E-state index >= 15 is 0 Å². The molecule has 0 radical (unpaired) electrons. The van der Waals surface area contributed by atoms with E-state index in [2.05, 4.69) is 5.16 Å². The molecule has 0 aliphatic carbocycles. The molecule has 2 saturated heterocycles. The predicted octanol–water partition coefficient (Wildman–Crippen LogP) is 1.02. The summed E-state index contributed by atoms with van der Waals surface area (Å²) in [5, 5.41) is 68.7. The first-order chi connectivity index (χ1) is 26.4. The zero-order chi connectivity index (χ0) is 42.0. The van der Waals surface area contributed by atoms with Crippen LogP contribution in [0.4, 0.5) is 0 Å². The quantitative estimate of drug-likeness (QED) is 0.0562. The van der Waals surface area contributed by atoms with Gasteiger partial charge >= 0.3 is 5.97 Å². The molecule has 0 aromatic carbocycles. The van der Waals surface area contributed by atoms with Crippen molar-refractivity contribution in [3.63, 3.8) is 0 Å². The van der Waals surface area contributed by atoms with E-state index in [1.165, 1.54) is 20.4 Å². The molecule has 17 nitrogen and oxygen atoms in total. The molecule has 3 aliphatic heterocycles. The van der Waals surface area contributed by atoms with E-state index in [9.17, 15) is 40.3 Å². The van der Waals surface area contributed by atoms with Crippen LogP contribution in [-0.4, -0.2) is 174 Å². The SMILES string of the molecule is CC[C@H]1OC(=O)C[C@@H](O)[C@H](C)[C@@H](O[C@@H]2O[C@H](C)[C@@H](O)[C@H](N(C)C)[C@H]2O)[C@@H](C/C=N\O)C[C@@H](C)C(=O)C/C=C(\C)[C@@H](O)[C@@H]1CO[C@@H]1O[C@H](C)[C@@H](O)[C@@H](OC)[C@H]1OC. The monoisotopic (exact) mass is 804 g/mol. The first-order valence-electron chi connectivity index (χ1n) is 19.7. The molecular formula is C39H68N2O15. The van der Waals surface area contributed by atoms with E-state index in [1.807, 2.05) is 0 Å². The van der Waals surface area contributed by atoms with Crippen LogP contribution in [0.3, 0.4) is 0 Å². The number of oxime groups is 1. The summed E-state index contributed by atoms with van der Waals surface area (Å²) in [6.45, 7) is 10.0. The fraction of sp³-hybridized carbons (Fsp3) is 0.872. The Bertz CT molecular complexity index is 1290. The predicted molar refractivity (Wildman–Crippen MR) is 202 cm³/mol. The van der Waals surface area contributed by atoms with E-state index in [1.54, 1.807) is 66.6 Å². The number of ether oxygens (including phenoxy) is 7. The van der Waals surface area contributed by atoms with Crippen LogP contribution in [0.2, 0.25) is 0 Å². The molecule has 2 fully saturated rings. The first-order valence-corrected chi connectivity index (χ1v) is 19.7. The molecule has 0 unspecified atom stereocenters. The molecule has 56 heavy (non-hydrogen) atoms. The fourth-order valence-electron chi connectivity index (χ4n) is 8.12. The second-order valence-electron chi connectivity index (χ2n) is 15.9. The maximum Gasteiger partial charge on any atom is 0.308 e. The second kappa shape index (κ2) is 22.3. The van der Waals surface area contributed by atoms with Crippen LogP contribution in [-0.2, 0) is 42.7 Å². The Kier molecular flexibility index (Phi) is 19.2. The van der Waals surface area contributed by atoms with Crippen molar-refractivity contribution in [2.75, 3.05) is 34.9 Å². The molecule has 3 aliphatic rings. The van der Waals surface area contributed by atoms with Crippen molar-refractivity contribution in [2.45, 2.75) is 159 Å². The highest BCUT2D eigenvalue weighted by molar-refractivity contribution is 5.82. The number of rotatable bonds is 11. The molecule has 0 saturated carbocycles. The van der Waals surface area contributed by atoms with Gasteiger partial charge in [-0.2, -0.15) is 0 Å². The van der Waals surface area contributed by atoms with Crippen LogP contribution < -0.4 is 0 Å². The Morgan fingerprint density at radius 3 is 2.12 bits per heavy atom. The highest BCUT2D eigenvalue weighted by Gasteiger charge is 2.48. The second-order valence-corrected chi connectivity index (χ2v) is 15.9. The molecule has 17 heteroatoms. The Hall–Kier alpha value is -2.13. The molecule has 0 aromatic rings. The van der Waals surface area contributed by atoms with Crippen molar-refractivity contribution in [1.29, 1.82) is 0 Å². The van der Waals surface area contributed by atoms with Crippen molar-refractivity contribution in [3.05, 3.63) is 11.6 Å². The number of allylic oxidation sites excluding steroid dienone is 1. The zero-order valence-electron chi connectivity index (χ0n) is 34.5. The first kappa shape index (κ1) is 48.2. The lowest BCUT2D eigenvalue weighted by Crippen LogP contribution is -2.63. The van der Waals surface area contributed by atoms with Gasteiger partial charge in [0.05, 0.1) is 55.7 Å². The average Bonchev–Trinajstić information content (AvgIpc) is 3.15. The topological polar surface area (TPSA) is 236 Å². The van der Waals surface area contributed by atoms with Crippen molar-refractivity contribution in [2.24, 2.45) is 28.8 Å². The Morgan fingerprint density at radius 1 is 0.911 bits per heavy atom. The third-order valence-electron chi connectivity index (χ3n) is 11.8. The van der Waals surface area contributed by atoms with Gasteiger partial charge in [0.2, 0.25) is 0 Å². The van der Waals surface area contributed by atoms with E-state index in [4.69, 9.17) is 33.2 Å². The largest absolute Gasteiger partial charge is 0.462 e. The van der Waals surface area contributed by atoms with Crippen molar-refractivity contribution >= 4 is 18.0 Å². The van der Waals surface area contributed by atoms with E-state index in [0.29, 0.717) is 5.57 Å². The van der Waals surface area contributed by atoms with Gasteiger partial charge in [0.1, 0.15) is 36.3 Å². The van der Waals surface area contributed by atoms with Gasteiger partial charge in [-0.05, 0) is 65.6 Å². The van der Waals surface area contributed by atoms with Crippen LogP contribution >= 0.6 is 0 Å². The summed E-state index contributed by atoms with van der Waals surface area (Å²) in [5.41, 5.74) is 0.446. The number of carbonyl (C=O) groups is 2. The minimum atomic E-state index is -1.36. The van der Waals surface area contributed by atoms with Gasteiger partial charge in [-0.1, -0.05) is 26.8 Å². The number of likely N-dealkylation sites (N-methyl/N-ethyl adjacent to an activating group) is 1. The maximum atomic E-state index is 13.7. The van der Waals surface area contributed by atoms with Crippen LogP contribution in [0.25, 0.3) is 0 Å². The van der Waals surface area contributed by atoms with Crippen LogP contribution in [0, 0.1) is 23.7 Å². The lowest BCUT2D eigenvalue weighted by Gasteiger charge is -2.46. The lowest BCUT2D eigenvalue weighted by molar-refractivity contribution is -0.306. The van der Waals surface area contributed by atoms with E-state index in [0.717, 1.165) is 0 Å². The number of aliphatic hydroxyl groups excluding tert-OH is 5. The molecule has 18 atom stereocenters. The van der Waals surface area contributed by atoms with Crippen molar-refractivity contribution < 1.29 is 73.5 Å². The number of hydrogen-bond acceptors (Lipinski definition) is 17. The summed E-state index contributed by atoms with van der Waals surface area (Å²) < 4.78 is 41.6. The molecule has 0 aromatic heterocycles. The summed E-state index contributed by atoms with van der Waals surface area (Å²) >= 11 is 0. The summed E-state index contributed by atoms with van der Waals surface area (Å²) in [7, 11) is 6.29. The Labute approximate surface area is 330 Å². The number of methoxy groups -OCH3 is 2. The normalized spacial score (nSPS) is 43.8. The molecule has 6 N–H and O–H groups in total. The van der Waals surface area contributed by atoms with Gasteiger partial charge in [-0.25, -0.2) is 0 Å². The number of Topliss-reactive ketones (excluding diaryl/α,β-unsaturated/α-hetero) is 1. The van der Waals surface area contributed by atoms with Crippen molar-refractivity contribution in [3.8, 4) is 0 Å². The van der Waals surface area contributed by atoms with Gasteiger partial charge in [-0.3, -0.25) is 9.59 Å². The number of cyclic esters (lactones) is 1. The maximum absolute atomic E-state index is 13.7. The number of hydrogen-bond donors (Lipinski definition) is 6. The summed E-state index contributed by atoms with van der Waals surface area (Å²) in [5.74, 6) is -3.73. The van der Waals surface area contributed by atoms with Crippen LogP contribution in [0.5, 0.6) is 0 Å². The standard InChI is InChI=1S/C39H68N2O15/c1-11-28-25(18-52-39-37(51-10)36(50-9)33(47)23(6)54-39)31(45)19(2)12-13-26(42)20(3)16-24(14-15-40-49)35(21(4)27(43)17-29(44)55-28)56-38-34(48)30(41(7)8)32(46)22(5)53-38/h12,15,20-25,27-28,30-39,43,45-49H,11,13-14,16-18H2,1-10H3/b19-12+,40-15-/t20-,21+,22-,23-,24+,25-,27-,28-,30+,31-,32-,33-,34-,35-,36-,37-,38+,39-/m1/s1. The number of nitrogens with zero attached hydrogens (tertiary/aromatic N) is 2. The average molecular weight is 805 g/mol. The highest BCUT2D eigenvalue weighted by Crippen LogP contribution is 2.35. The molecule has 3 rings (SSSR count). The van der Waals surface area contributed by atoms with Crippen LogP contribution in [0.1, 0.15) is 73.6 Å². The molecule has 324 valence electrons. The van der Waals surface area contributed by atoms with Crippen molar-refractivity contribution in [1.82, 2.24) is 4.90 Å². The molecule has 3 heterocycles. The summed E-state index contributed by atoms with van der Waals surface area (Å²) in [6, 6.07) is -0.752. The van der Waals surface area contributed by atoms with Gasteiger partial charge in [0.25, 0.3) is 0 Å². The molecule has 0 bridgehead atoms. The number of esters is 1. The van der Waals surface area contributed by atoms with Crippen LogP contribution in [0.15, 0.2) is 16.8 Å². The molecule has 0 amide bonds. The van der Waals surface area contributed by atoms with E-state index in [-0.39, 0.29) is 38.1 Å². The minimum Gasteiger partial charge on any atom is -0.462 e. The minimum absolute atomic E-state index is 0.0362. The Morgan fingerprint density at radius 2 is 1.54 bits per heavy atom. The number of carbonyl (C=O) groups excluding carboxylic acids is 2.